The van der Waals surface area contributed by atoms with Crippen LogP contribution in [0, 0.1) is 15.5 Å². The minimum atomic E-state index is -4.01. The van der Waals surface area contributed by atoms with Crippen LogP contribution in [0.2, 0.25) is 0 Å². The number of hydrogen-bond acceptors (Lipinski definition) is 7. The molecule has 0 spiro atoms. The number of nitro benzene ring substituents is 1. The number of nitro groups is 1. The van der Waals surface area contributed by atoms with Crippen LogP contribution in [0.15, 0.2) is 29.2 Å². The van der Waals surface area contributed by atoms with Crippen LogP contribution < -0.4 is 0 Å². The van der Waals surface area contributed by atoms with E-state index in [1.165, 1.54) is 0 Å². The summed E-state index contributed by atoms with van der Waals surface area (Å²) in [6.45, 7) is 7.48. The summed E-state index contributed by atoms with van der Waals surface area (Å²) in [5, 5.41) is 10.6. The topological polar surface area (TPSA) is 105 Å². The second kappa shape index (κ2) is 6.40. The fourth-order valence-electron chi connectivity index (χ4n) is 2.20. The number of nitrogens with zero attached hydrogens (tertiary/aromatic N) is 1. The van der Waals surface area contributed by atoms with Crippen molar-refractivity contribution in [3.8, 4) is 0 Å². The van der Waals surface area contributed by atoms with Gasteiger partial charge in [-0.3, -0.25) is 14.3 Å². The summed E-state index contributed by atoms with van der Waals surface area (Å²) in [7, 11) is -4.01. The highest BCUT2D eigenvalue weighted by molar-refractivity contribution is 7.86. The Morgan fingerprint density at radius 1 is 1.33 bits per heavy atom. The van der Waals surface area contributed by atoms with Crippen LogP contribution in [0.25, 0.3) is 0 Å². The number of ether oxygens (including phenoxy) is 2. The van der Waals surface area contributed by atoms with E-state index in [0.717, 1.165) is 24.3 Å². The molecule has 8 nitrogen and oxygen atoms in total. The SMILES string of the molecule is CC1(C)OC[C@@H](C(C)(C)COS(=O)(=O)c2ccc([N+](=O)[O-])cc2)O1. The third kappa shape index (κ3) is 4.29. The maximum Gasteiger partial charge on any atom is 0.297 e. The summed E-state index contributed by atoms with van der Waals surface area (Å²) < 4.78 is 40.9. The molecule has 0 amide bonds. The fraction of sp³-hybridized carbons (Fsp3) is 0.600. The van der Waals surface area contributed by atoms with Crippen molar-refractivity contribution in [1.82, 2.24) is 0 Å². The first-order chi connectivity index (χ1) is 10.9. The Morgan fingerprint density at radius 3 is 2.38 bits per heavy atom. The Morgan fingerprint density at radius 2 is 1.92 bits per heavy atom. The Labute approximate surface area is 141 Å². The zero-order valence-corrected chi connectivity index (χ0v) is 14.8. The number of hydrogen-bond donors (Lipinski definition) is 0. The molecular formula is C15H21NO7S. The largest absolute Gasteiger partial charge is 0.348 e. The van der Waals surface area contributed by atoms with Gasteiger partial charge in [0.2, 0.25) is 0 Å². The molecule has 9 heteroatoms. The molecular weight excluding hydrogens is 338 g/mol. The molecule has 0 saturated carbocycles. The quantitative estimate of drug-likeness (QED) is 0.436. The highest BCUT2D eigenvalue weighted by atomic mass is 32.2. The molecule has 1 fully saturated rings. The summed E-state index contributed by atoms with van der Waals surface area (Å²) in [5.74, 6) is -0.709. The van der Waals surface area contributed by atoms with E-state index in [0.29, 0.717) is 6.61 Å². The second-order valence-corrected chi connectivity index (χ2v) is 8.39. The van der Waals surface area contributed by atoms with Crippen LogP contribution >= 0.6 is 0 Å². The molecule has 1 aliphatic rings. The van der Waals surface area contributed by atoms with Gasteiger partial charge in [0, 0.05) is 17.5 Å². The standard InChI is InChI=1S/C15H21NO7S/c1-14(2,13-9-21-15(3,4)23-13)10-22-24(19,20)12-7-5-11(6-8-12)16(17)18/h5-8,13H,9-10H2,1-4H3/t13-/m0/s1. The zero-order valence-electron chi connectivity index (χ0n) is 14.0. The fourth-order valence-corrected chi connectivity index (χ4v) is 3.26. The third-order valence-electron chi connectivity index (χ3n) is 3.80. The minimum absolute atomic E-state index is 0.101. The van der Waals surface area contributed by atoms with Crippen LogP contribution in [-0.4, -0.2) is 38.4 Å². The van der Waals surface area contributed by atoms with Crippen molar-refractivity contribution < 1.29 is 27.0 Å². The van der Waals surface area contributed by atoms with Crippen molar-refractivity contribution >= 4 is 15.8 Å². The highest BCUT2D eigenvalue weighted by Crippen LogP contribution is 2.34. The van der Waals surface area contributed by atoms with Crippen molar-refractivity contribution in [1.29, 1.82) is 0 Å². The first-order valence-corrected chi connectivity index (χ1v) is 8.79. The molecule has 1 aliphatic heterocycles. The minimum Gasteiger partial charge on any atom is -0.348 e. The molecule has 1 saturated heterocycles. The van der Waals surface area contributed by atoms with Gasteiger partial charge >= 0.3 is 0 Å². The summed E-state index contributed by atoms with van der Waals surface area (Å²) >= 11 is 0. The van der Waals surface area contributed by atoms with E-state index in [1.807, 2.05) is 13.8 Å². The van der Waals surface area contributed by atoms with Crippen molar-refractivity contribution in [2.24, 2.45) is 5.41 Å². The van der Waals surface area contributed by atoms with Crippen LogP contribution in [0.1, 0.15) is 27.7 Å². The van der Waals surface area contributed by atoms with Crippen LogP contribution in [0.4, 0.5) is 5.69 Å². The van der Waals surface area contributed by atoms with Gasteiger partial charge in [0.15, 0.2) is 5.79 Å². The van der Waals surface area contributed by atoms with E-state index in [9.17, 15) is 18.5 Å². The lowest BCUT2D eigenvalue weighted by Gasteiger charge is -2.30. The van der Waals surface area contributed by atoms with Gasteiger partial charge in [-0.15, -0.1) is 0 Å². The third-order valence-corrected chi connectivity index (χ3v) is 5.08. The van der Waals surface area contributed by atoms with E-state index >= 15 is 0 Å². The van der Waals surface area contributed by atoms with E-state index in [-0.39, 0.29) is 23.3 Å². The maximum atomic E-state index is 12.2. The van der Waals surface area contributed by atoms with Gasteiger partial charge in [-0.2, -0.15) is 8.42 Å². The zero-order chi connectivity index (χ0) is 18.2. The molecule has 1 aromatic rings. The van der Waals surface area contributed by atoms with Gasteiger partial charge in [0.1, 0.15) is 0 Å². The molecule has 1 heterocycles. The van der Waals surface area contributed by atoms with Crippen molar-refractivity contribution in [2.75, 3.05) is 13.2 Å². The summed E-state index contributed by atoms with van der Waals surface area (Å²) in [4.78, 5) is 9.89. The molecule has 1 aromatic carbocycles. The molecule has 2 rings (SSSR count). The van der Waals surface area contributed by atoms with Crippen LogP contribution in [0.3, 0.4) is 0 Å². The molecule has 0 bridgehead atoms. The normalized spacial score (nSPS) is 20.9. The van der Waals surface area contributed by atoms with Gasteiger partial charge in [-0.25, -0.2) is 0 Å². The van der Waals surface area contributed by atoms with Crippen molar-refractivity contribution in [3.63, 3.8) is 0 Å². The average Bonchev–Trinajstić information content (AvgIpc) is 2.86. The molecule has 0 aromatic heterocycles. The molecule has 134 valence electrons. The Kier molecular flexibility index (Phi) is 5.01. The Balaban J connectivity index is 2.05. The molecule has 24 heavy (non-hydrogen) atoms. The van der Waals surface area contributed by atoms with E-state index in [2.05, 4.69) is 0 Å². The lowest BCUT2D eigenvalue weighted by Crippen LogP contribution is -2.37. The summed E-state index contributed by atoms with van der Waals surface area (Å²) in [6, 6.07) is 4.55. The first-order valence-electron chi connectivity index (χ1n) is 7.39. The molecule has 0 radical (unpaired) electrons. The smallest absolute Gasteiger partial charge is 0.297 e. The lowest BCUT2D eigenvalue weighted by atomic mass is 9.88. The maximum absolute atomic E-state index is 12.2. The second-order valence-electron chi connectivity index (χ2n) is 6.77. The molecule has 1 atom stereocenters. The Bertz CT molecular complexity index is 710. The number of non-ortho nitro benzene ring substituents is 1. The molecule has 0 unspecified atom stereocenters. The van der Waals surface area contributed by atoms with Gasteiger partial charge in [0.25, 0.3) is 15.8 Å². The van der Waals surface area contributed by atoms with Crippen LogP contribution in [0.5, 0.6) is 0 Å². The molecule has 0 aliphatic carbocycles. The van der Waals surface area contributed by atoms with Gasteiger partial charge < -0.3 is 9.47 Å². The average molecular weight is 359 g/mol. The summed E-state index contributed by atoms with van der Waals surface area (Å²) in [5.41, 5.74) is -0.783. The van der Waals surface area contributed by atoms with Gasteiger partial charge in [-0.05, 0) is 26.0 Å². The Hall–Kier alpha value is -1.55. The highest BCUT2D eigenvalue weighted by Gasteiger charge is 2.42. The van der Waals surface area contributed by atoms with Crippen molar-refractivity contribution in [2.45, 2.75) is 44.5 Å². The number of benzene rings is 1. The van der Waals surface area contributed by atoms with Gasteiger partial charge in [-0.1, -0.05) is 13.8 Å². The van der Waals surface area contributed by atoms with E-state index < -0.39 is 26.2 Å². The lowest BCUT2D eigenvalue weighted by molar-refractivity contribution is -0.384. The monoisotopic (exact) mass is 359 g/mol. The first kappa shape index (κ1) is 18.8. The number of rotatable bonds is 6. The summed E-state index contributed by atoms with van der Waals surface area (Å²) in [6.07, 6.45) is -0.306. The van der Waals surface area contributed by atoms with E-state index in [4.69, 9.17) is 13.7 Å². The van der Waals surface area contributed by atoms with Crippen LogP contribution in [-0.2, 0) is 23.8 Å². The van der Waals surface area contributed by atoms with E-state index in [1.54, 1.807) is 13.8 Å². The predicted molar refractivity (Wildman–Crippen MR) is 84.9 cm³/mol. The van der Waals surface area contributed by atoms with Gasteiger partial charge in [0.05, 0.1) is 29.1 Å². The molecule has 0 N–H and O–H groups in total. The van der Waals surface area contributed by atoms with Crippen molar-refractivity contribution in [3.05, 3.63) is 34.4 Å². The predicted octanol–water partition coefficient (Wildman–Crippen LogP) is 2.48.